The van der Waals surface area contributed by atoms with Crippen molar-refractivity contribution in [2.45, 2.75) is 33.2 Å². The van der Waals surface area contributed by atoms with Crippen molar-refractivity contribution in [3.63, 3.8) is 0 Å². The fourth-order valence-electron chi connectivity index (χ4n) is 1.41. The van der Waals surface area contributed by atoms with E-state index in [2.05, 4.69) is 10.6 Å². The first kappa shape index (κ1) is 17.6. The minimum atomic E-state index is -0.749. The molecule has 0 aromatic rings. The van der Waals surface area contributed by atoms with Crippen LogP contribution in [0.2, 0.25) is 0 Å². The van der Waals surface area contributed by atoms with Crippen molar-refractivity contribution in [3.05, 3.63) is 0 Å². The molecule has 0 heterocycles. The number of carbonyl (C=O) groups is 3. The Hall–Kier alpha value is -1.43. The quantitative estimate of drug-likeness (QED) is 0.473. The SMILES string of the molecule is CNCCNC(=O)C(CC(=O)C(C)(C)C)N(C)C=O. The Morgan fingerprint density at radius 2 is 1.84 bits per heavy atom. The second kappa shape index (κ2) is 7.89. The van der Waals surface area contributed by atoms with Crippen LogP contribution >= 0.6 is 0 Å². The summed E-state index contributed by atoms with van der Waals surface area (Å²) in [5.74, 6) is -0.350. The number of amides is 2. The molecule has 2 N–H and O–H groups in total. The third-order valence-corrected chi connectivity index (χ3v) is 2.85. The summed E-state index contributed by atoms with van der Waals surface area (Å²) in [6.45, 7) is 6.49. The number of rotatable bonds is 8. The molecule has 0 bridgehead atoms. The highest BCUT2D eigenvalue weighted by molar-refractivity contribution is 5.92. The molecule has 2 amide bonds. The molecule has 110 valence electrons. The van der Waals surface area contributed by atoms with E-state index in [1.807, 2.05) is 0 Å². The van der Waals surface area contributed by atoms with Crippen LogP contribution < -0.4 is 10.6 Å². The van der Waals surface area contributed by atoms with Crippen LogP contribution in [0.4, 0.5) is 0 Å². The Kier molecular flexibility index (Phi) is 7.29. The van der Waals surface area contributed by atoms with Gasteiger partial charge in [-0.1, -0.05) is 20.8 Å². The highest BCUT2D eigenvalue weighted by Crippen LogP contribution is 2.19. The highest BCUT2D eigenvalue weighted by atomic mass is 16.2. The van der Waals surface area contributed by atoms with Gasteiger partial charge in [0, 0.05) is 32.0 Å². The number of nitrogens with zero attached hydrogens (tertiary/aromatic N) is 1. The van der Waals surface area contributed by atoms with Gasteiger partial charge in [-0.3, -0.25) is 14.4 Å². The molecule has 19 heavy (non-hydrogen) atoms. The lowest BCUT2D eigenvalue weighted by atomic mass is 9.86. The van der Waals surface area contributed by atoms with Crippen LogP contribution in [0.5, 0.6) is 0 Å². The molecule has 0 fully saturated rings. The van der Waals surface area contributed by atoms with Gasteiger partial charge in [0.15, 0.2) is 0 Å². The molecule has 0 aliphatic rings. The van der Waals surface area contributed by atoms with Crippen LogP contribution in [-0.4, -0.2) is 56.2 Å². The van der Waals surface area contributed by atoms with Crippen molar-refractivity contribution in [1.29, 1.82) is 0 Å². The Morgan fingerprint density at radius 3 is 2.26 bits per heavy atom. The zero-order chi connectivity index (χ0) is 15.1. The summed E-state index contributed by atoms with van der Waals surface area (Å²) in [5, 5.41) is 5.61. The number of carbonyl (C=O) groups excluding carboxylic acids is 3. The van der Waals surface area contributed by atoms with E-state index in [0.29, 0.717) is 19.5 Å². The molecule has 0 aliphatic carbocycles. The van der Waals surface area contributed by atoms with Crippen molar-refractivity contribution in [2.24, 2.45) is 5.41 Å². The molecule has 0 aromatic carbocycles. The molecule has 0 saturated heterocycles. The van der Waals surface area contributed by atoms with Gasteiger partial charge in [0.1, 0.15) is 11.8 Å². The highest BCUT2D eigenvalue weighted by Gasteiger charge is 2.30. The van der Waals surface area contributed by atoms with Crippen molar-refractivity contribution in [1.82, 2.24) is 15.5 Å². The summed E-state index contributed by atoms with van der Waals surface area (Å²) in [5.41, 5.74) is -0.521. The summed E-state index contributed by atoms with van der Waals surface area (Å²) in [6.07, 6.45) is 0.600. The van der Waals surface area contributed by atoms with Crippen molar-refractivity contribution < 1.29 is 14.4 Å². The second-order valence-electron chi connectivity index (χ2n) is 5.56. The number of hydrogen-bond acceptors (Lipinski definition) is 4. The van der Waals surface area contributed by atoms with Gasteiger partial charge in [-0.25, -0.2) is 0 Å². The van der Waals surface area contributed by atoms with Gasteiger partial charge < -0.3 is 15.5 Å². The van der Waals surface area contributed by atoms with E-state index in [-0.39, 0.29) is 18.1 Å². The zero-order valence-corrected chi connectivity index (χ0v) is 12.4. The first-order chi connectivity index (χ1) is 8.73. The van der Waals surface area contributed by atoms with Crippen molar-refractivity contribution >= 4 is 18.1 Å². The molecular weight excluding hydrogens is 246 g/mol. The lowest BCUT2D eigenvalue weighted by Gasteiger charge is -2.26. The molecule has 0 aliphatic heterocycles. The third kappa shape index (κ3) is 6.33. The minimum Gasteiger partial charge on any atom is -0.353 e. The van der Waals surface area contributed by atoms with Crippen molar-refractivity contribution in [3.8, 4) is 0 Å². The van der Waals surface area contributed by atoms with Gasteiger partial charge in [0.25, 0.3) is 0 Å². The predicted octanol–water partition coefficient (Wildman–Crippen LogP) is -0.216. The van der Waals surface area contributed by atoms with Crippen LogP contribution in [0.15, 0.2) is 0 Å². The maximum Gasteiger partial charge on any atom is 0.243 e. The molecular formula is C13H25N3O3. The first-order valence-electron chi connectivity index (χ1n) is 6.37. The molecule has 0 radical (unpaired) electrons. The standard InChI is InChI=1S/C13H25N3O3/c1-13(2,3)11(18)8-10(16(5)9-17)12(19)15-7-6-14-4/h9-10,14H,6-8H2,1-5H3,(H,15,19). The smallest absolute Gasteiger partial charge is 0.243 e. The second-order valence-corrected chi connectivity index (χ2v) is 5.56. The monoisotopic (exact) mass is 271 g/mol. The maximum atomic E-state index is 12.0. The van der Waals surface area contributed by atoms with Crippen LogP contribution in [0.1, 0.15) is 27.2 Å². The summed E-state index contributed by atoms with van der Waals surface area (Å²) >= 11 is 0. The van der Waals surface area contributed by atoms with Gasteiger partial charge in [0.05, 0.1) is 0 Å². The van der Waals surface area contributed by atoms with Crippen LogP contribution in [-0.2, 0) is 14.4 Å². The Morgan fingerprint density at radius 1 is 1.26 bits per heavy atom. The number of likely N-dealkylation sites (N-methyl/N-ethyl adjacent to an activating group) is 2. The minimum absolute atomic E-state index is 0.0319. The normalized spacial score (nSPS) is 12.7. The molecule has 0 saturated carbocycles. The molecule has 0 spiro atoms. The lowest BCUT2D eigenvalue weighted by Crippen LogP contribution is -2.48. The number of hydrogen-bond donors (Lipinski definition) is 2. The van der Waals surface area contributed by atoms with E-state index in [4.69, 9.17) is 0 Å². The van der Waals surface area contributed by atoms with Gasteiger partial charge >= 0.3 is 0 Å². The summed E-state index contributed by atoms with van der Waals surface area (Å²) in [7, 11) is 3.29. The molecule has 0 rings (SSSR count). The van der Waals surface area contributed by atoms with E-state index in [9.17, 15) is 14.4 Å². The molecule has 1 unspecified atom stereocenters. The third-order valence-electron chi connectivity index (χ3n) is 2.85. The van der Waals surface area contributed by atoms with Crippen molar-refractivity contribution in [2.75, 3.05) is 27.2 Å². The largest absolute Gasteiger partial charge is 0.353 e. The lowest BCUT2D eigenvalue weighted by molar-refractivity contribution is -0.136. The molecule has 1 atom stereocenters. The number of Topliss-reactive ketones (excluding diaryl/α,β-unsaturated/α-hetero) is 1. The first-order valence-corrected chi connectivity index (χ1v) is 6.37. The van der Waals surface area contributed by atoms with E-state index in [0.717, 1.165) is 0 Å². The average molecular weight is 271 g/mol. The predicted molar refractivity (Wildman–Crippen MR) is 73.6 cm³/mol. The molecule has 6 nitrogen and oxygen atoms in total. The molecule has 6 heteroatoms. The fraction of sp³-hybridized carbons (Fsp3) is 0.769. The summed E-state index contributed by atoms with van der Waals surface area (Å²) < 4.78 is 0. The van der Waals surface area contributed by atoms with E-state index in [1.165, 1.54) is 11.9 Å². The number of ketones is 1. The van der Waals surface area contributed by atoms with E-state index < -0.39 is 11.5 Å². The van der Waals surface area contributed by atoms with Gasteiger partial charge in [-0.15, -0.1) is 0 Å². The summed E-state index contributed by atoms with van der Waals surface area (Å²) in [6, 6.07) is -0.749. The number of nitrogens with one attached hydrogen (secondary N) is 2. The Balaban J connectivity index is 4.68. The van der Waals surface area contributed by atoms with E-state index in [1.54, 1.807) is 27.8 Å². The van der Waals surface area contributed by atoms with Crippen LogP contribution in [0.25, 0.3) is 0 Å². The summed E-state index contributed by atoms with van der Waals surface area (Å²) in [4.78, 5) is 36.1. The zero-order valence-electron chi connectivity index (χ0n) is 12.4. The van der Waals surface area contributed by atoms with Gasteiger partial charge in [-0.05, 0) is 7.05 Å². The Bertz CT molecular complexity index is 324. The Labute approximate surface area is 114 Å². The van der Waals surface area contributed by atoms with Gasteiger partial charge in [0.2, 0.25) is 12.3 Å². The van der Waals surface area contributed by atoms with Crippen LogP contribution in [0.3, 0.4) is 0 Å². The van der Waals surface area contributed by atoms with Gasteiger partial charge in [-0.2, -0.15) is 0 Å². The average Bonchev–Trinajstić information content (AvgIpc) is 2.33. The maximum absolute atomic E-state index is 12.0. The molecule has 0 aromatic heterocycles. The fourth-order valence-corrected chi connectivity index (χ4v) is 1.41. The van der Waals surface area contributed by atoms with E-state index >= 15 is 0 Å². The van der Waals surface area contributed by atoms with Crippen LogP contribution in [0, 0.1) is 5.41 Å². The topological polar surface area (TPSA) is 78.5 Å².